The monoisotopic (exact) mass is 548 g/mol. The molecule has 1 aromatic carbocycles. The Hall–Kier alpha value is -1.58. The fourth-order valence-corrected chi connectivity index (χ4v) is 3.46. The molecule has 2 atom stereocenters. The average Bonchev–Trinajstić information content (AvgIpc) is 2.68. The molecule has 1 rings (SSSR count). The number of hydrogen-bond acceptors (Lipinski definition) is 6. The third-order valence-electron chi connectivity index (χ3n) is 3.76. The van der Waals surface area contributed by atoms with Crippen molar-refractivity contribution in [1.29, 1.82) is 0 Å². The van der Waals surface area contributed by atoms with Crippen molar-refractivity contribution in [2.75, 3.05) is 0 Å². The standard InChI is InChI=1S/C16H20F3IN4O4S/c1-9(22-15(27)12(24-29-20)5-6-13(25)23-28)14(26)21-8-10-3-2-4-11(7-10)16(17,18)19/h2-4,7,9,12,24,28H,5-6,8H2,1H3,(H,21,26)(H,22,27)(H,23,25)/t9-,12-/m0/s1. The Morgan fingerprint density at radius 3 is 2.52 bits per heavy atom. The van der Waals surface area contributed by atoms with E-state index in [1.807, 2.05) is 21.2 Å². The van der Waals surface area contributed by atoms with E-state index in [0.717, 1.165) is 21.3 Å². The van der Waals surface area contributed by atoms with E-state index >= 15 is 0 Å². The van der Waals surface area contributed by atoms with Crippen LogP contribution in [0.5, 0.6) is 0 Å². The van der Waals surface area contributed by atoms with Gasteiger partial charge in [0.15, 0.2) is 0 Å². The molecule has 8 nitrogen and oxygen atoms in total. The summed E-state index contributed by atoms with van der Waals surface area (Å²) in [7, 11) is 1.12. The highest BCUT2D eigenvalue weighted by atomic mass is 127. The molecule has 3 amide bonds. The summed E-state index contributed by atoms with van der Waals surface area (Å²) >= 11 is 1.89. The summed E-state index contributed by atoms with van der Waals surface area (Å²) in [6, 6.07) is 2.81. The number of carbonyl (C=O) groups is 3. The first-order chi connectivity index (χ1) is 13.6. The number of carbonyl (C=O) groups excluding carboxylic acids is 3. The van der Waals surface area contributed by atoms with Gasteiger partial charge in [-0.25, -0.2) is 10.2 Å². The van der Waals surface area contributed by atoms with E-state index in [1.54, 1.807) is 0 Å². The summed E-state index contributed by atoms with van der Waals surface area (Å²) in [6.07, 6.45) is -4.52. The average molecular weight is 548 g/mol. The molecule has 13 heteroatoms. The molecule has 5 N–H and O–H groups in total. The minimum absolute atomic E-state index is 0.0762. The second-order valence-corrected chi connectivity index (χ2v) is 7.68. The summed E-state index contributed by atoms with van der Waals surface area (Å²) in [5.41, 5.74) is 0.914. The predicted octanol–water partition coefficient (Wildman–Crippen LogP) is 2.07. The van der Waals surface area contributed by atoms with Gasteiger partial charge < -0.3 is 10.6 Å². The summed E-state index contributed by atoms with van der Waals surface area (Å²) in [5, 5.41) is 13.4. The zero-order valence-corrected chi connectivity index (χ0v) is 18.2. The maximum Gasteiger partial charge on any atom is 0.416 e. The zero-order valence-electron chi connectivity index (χ0n) is 15.2. The van der Waals surface area contributed by atoms with Gasteiger partial charge in [-0.2, -0.15) is 13.2 Å². The molecule has 0 fully saturated rings. The lowest BCUT2D eigenvalue weighted by Gasteiger charge is -2.19. The first kappa shape index (κ1) is 25.5. The van der Waals surface area contributed by atoms with Crippen molar-refractivity contribution in [1.82, 2.24) is 20.8 Å². The fraction of sp³-hybridized carbons (Fsp3) is 0.438. The Kier molecular flexibility index (Phi) is 10.7. The van der Waals surface area contributed by atoms with Gasteiger partial charge in [0.05, 0.1) is 11.6 Å². The third-order valence-corrected chi connectivity index (χ3v) is 4.90. The minimum atomic E-state index is -4.48. The molecule has 0 unspecified atom stereocenters. The fourth-order valence-electron chi connectivity index (χ4n) is 2.21. The molecule has 0 heterocycles. The number of halogens is 4. The SMILES string of the molecule is C[C@H](NC(=O)[C@H](CCC(=O)NO)NSI)C(=O)NCc1cccc(C(F)(F)F)c1. The molecule has 1 aromatic rings. The molecular formula is C16H20F3IN4O4S. The summed E-state index contributed by atoms with van der Waals surface area (Å²) < 4.78 is 41.0. The largest absolute Gasteiger partial charge is 0.416 e. The van der Waals surface area contributed by atoms with Gasteiger partial charge >= 0.3 is 6.18 Å². The van der Waals surface area contributed by atoms with Crippen molar-refractivity contribution in [3.63, 3.8) is 0 Å². The lowest BCUT2D eigenvalue weighted by Crippen LogP contribution is -2.50. The first-order valence-electron chi connectivity index (χ1n) is 8.28. The van der Waals surface area contributed by atoms with E-state index in [2.05, 4.69) is 15.4 Å². The van der Waals surface area contributed by atoms with Crippen molar-refractivity contribution in [2.45, 2.75) is 44.6 Å². The van der Waals surface area contributed by atoms with E-state index in [0.29, 0.717) is 0 Å². The minimum Gasteiger partial charge on any atom is -0.350 e. The van der Waals surface area contributed by atoms with Crippen molar-refractivity contribution < 1.29 is 32.8 Å². The van der Waals surface area contributed by atoms with E-state index in [-0.39, 0.29) is 24.9 Å². The van der Waals surface area contributed by atoms with Gasteiger partial charge in [0.1, 0.15) is 6.04 Å². The number of benzene rings is 1. The Balaban J connectivity index is 2.59. The highest BCUT2D eigenvalue weighted by molar-refractivity contribution is 14.2. The van der Waals surface area contributed by atoms with Gasteiger partial charge in [-0.05, 0) is 40.2 Å². The van der Waals surface area contributed by atoms with E-state index in [1.165, 1.54) is 24.5 Å². The molecule has 162 valence electrons. The lowest BCUT2D eigenvalue weighted by atomic mass is 10.1. The van der Waals surface area contributed by atoms with Crippen LogP contribution in [0.15, 0.2) is 24.3 Å². The Labute approximate surface area is 181 Å². The highest BCUT2D eigenvalue weighted by Gasteiger charge is 2.30. The van der Waals surface area contributed by atoms with Crippen molar-refractivity contribution in [2.24, 2.45) is 0 Å². The molecular weight excluding hydrogens is 528 g/mol. The molecule has 0 aliphatic carbocycles. The van der Waals surface area contributed by atoms with Crippen molar-refractivity contribution >= 4 is 48.0 Å². The van der Waals surface area contributed by atoms with Crippen LogP contribution in [0.2, 0.25) is 0 Å². The molecule has 0 aliphatic rings. The number of alkyl halides is 3. The van der Waals surface area contributed by atoms with Gasteiger partial charge in [0, 0.05) is 34.2 Å². The number of hydroxylamine groups is 1. The Morgan fingerprint density at radius 2 is 1.93 bits per heavy atom. The van der Waals surface area contributed by atoms with Crippen LogP contribution in [-0.2, 0) is 27.1 Å². The lowest BCUT2D eigenvalue weighted by molar-refractivity contribution is -0.137. The number of rotatable bonds is 10. The predicted molar refractivity (Wildman–Crippen MR) is 109 cm³/mol. The Bertz CT molecular complexity index is 724. The van der Waals surface area contributed by atoms with Crippen LogP contribution in [0.4, 0.5) is 13.2 Å². The normalized spacial score (nSPS) is 13.3. The van der Waals surface area contributed by atoms with Crippen molar-refractivity contribution in [3.8, 4) is 0 Å². The molecule has 0 radical (unpaired) electrons. The second-order valence-electron chi connectivity index (χ2n) is 5.97. The second kappa shape index (κ2) is 12.2. The molecule has 0 aromatic heterocycles. The summed E-state index contributed by atoms with van der Waals surface area (Å²) in [5.74, 6) is -1.78. The summed E-state index contributed by atoms with van der Waals surface area (Å²) in [4.78, 5) is 35.6. The van der Waals surface area contributed by atoms with Crippen LogP contribution >= 0.6 is 30.3 Å². The van der Waals surface area contributed by atoms with Gasteiger partial charge in [0.2, 0.25) is 17.7 Å². The van der Waals surface area contributed by atoms with E-state index in [4.69, 9.17) is 5.21 Å². The van der Waals surface area contributed by atoms with E-state index in [9.17, 15) is 27.6 Å². The van der Waals surface area contributed by atoms with Crippen LogP contribution in [0.1, 0.15) is 30.9 Å². The Morgan fingerprint density at radius 1 is 1.24 bits per heavy atom. The maximum absolute atomic E-state index is 12.7. The van der Waals surface area contributed by atoms with Gasteiger partial charge in [0.25, 0.3) is 0 Å². The molecule has 0 saturated carbocycles. The van der Waals surface area contributed by atoms with Gasteiger partial charge in [-0.1, -0.05) is 12.1 Å². The first-order valence-corrected chi connectivity index (χ1v) is 11.6. The molecule has 0 spiro atoms. The topological polar surface area (TPSA) is 120 Å². The highest BCUT2D eigenvalue weighted by Crippen LogP contribution is 2.29. The quantitative estimate of drug-likeness (QED) is 0.132. The van der Waals surface area contributed by atoms with Crippen LogP contribution < -0.4 is 20.8 Å². The molecule has 0 bridgehead atoms. The van der Waals surface area contributed by atoms with Crippen LogP contribution in [-0.4, -0.2) is 35.0 Å². The third kappa shape index (κ3) is 9.18. The zero-order chi connectivity index (χ0) is 22.0. The summed E-state index contributed by atoms with van der Waals surface area (Å²) in [6.45, 7) is 1.29. The molecule has 0 aliphatic heterocycles. The smallest absolute Gasteiger partial charge is 0.350 e. The van der Waals surface area contributed by atoms with Crippen LogP contribution in [0.25, 0.3) is 0 Å². The van der Waals surface area contributed by atoms with Crippen molar-refractivity contribution in [3.05, 3.63) is 35.4 Å². The van der Waals surface area contributed by atoms with E-state index < -0.39 is 41.5 Å². The molecule has 29 heavy (non-hydrogen) atoms. The van der Waals surface area contributed by atoms with Gasteiger partial charge in [-0.3, -0.25) is 19.6 Å². The van der Waals surface area contributed by atoms with Crippen LogP contribution in [0.3, 0.4) is 0 Å². The van der Waals surface area contributed by atoms with Gasteiger partial charge in [-0.15, -0.1) is 0 Å². The van der Waals surface area contributed by atoms with Crippen LogP contribution in [0, 0.1) is 0 Å². The number of hydrogen-bond donors (Lipinski definition) is 5. The molecule has 0 saturated heterocycles. The number of amides is 3. The maximum atomic E-state index is 12.7. The number of nitrogens with one attached hydrogen (secondary N) is 4.